The van der Waals surface area contributed by atoms with E-state index in [-0.39, 0.29) is 23.5 Å². The third-order valence-electron chi connectivity index (χ3n) is 9.99. The highest BCUT2D eigenvalue weighted by atomic mass is 16.7. The lowest BCUT2D eigenvalue weighted by atomic mass is 9.45. The number of hydrogen-bond acceptors (Lipinski definition) is 8. The van der Waals surface area contributed by atoms with Crippen LogP contribution in [0.2, 0.25) is 0 Å². The Hall–Kier alpha value is -0.580. The first-order chi connectivity index (χ1) is 15.8. The fraction of sp³-hybridized carbons (Fsp3) is 0.923. The minimum absolute atomic E-state index is 0.0992. The zero-order valence-electron chi connectivity index (χ0n) is 20.9. The van der Waals surface area contributed by atoms with E-state index in [0.29, 0.717) is 11.8 Å². The topological polar surface area (TPSA) is 140 Å². The van der Waals surface area contributed by atoms with Gasteiger partial charge in [0.1, 0.15) is 24.4 Å². The molecule has 1 aliphatic heterocycles. The van der Waals surface area contributed by atoms with Crippen molar-refractivity contribution in [3.05, 3.63) is 11.6 Å². The third-order valence-corrected chi connectivity index (χ3v) is 9.99. The Labute approximate surface area is 202 Å². The second kappa shape index (κ2) is 9.38. The quantitative estimate of drug-likeness (QED) is 0.319. The van der Waals surface area contributed by atoms with E-state index in [1.165, 1.54) is 5.57 Å². The van der Waals surface area contributed by atoms with Gasteiger partial charge in [0, 0.05) is 5.41 Å². The van der Waals surface area contributed by atoms with Crippen LogP contribution in [0.4, 0.5) is 0 Å². The van der Waals surface area contributed by atoms with Crippen LogP contribution in [0.5, 0.6) is 0 Å². The summed E-state index contributed by atoms with van der Waals surface area (Å²) in [5.41, 5.74) is 0.947. The van der Waals surface area contributed by atoms with Gasteiger partial charge in [0.2, 0.25) is 0 Å². The summed E-state index contributed by atoms with van der Waals surface area (Å²) < 4.78 is 11.1. The lowest BCUT2D eigenvalue weighted by Gasteiger charge is -2.61. The van der Waals surface area contributed by atoms with Crippen LogP contribution in [0.25, 0.3) is 0 Å². The summed E-state index contributed by atoms with van der Waals surface area (Å²) in [5.74, 6) is 0.916. The van der Waals surface area contributed by atoms with Gasteiger partial charge in [-0.2, -0.15) is 0 Å². The molecule has 8 heteroatoms. The molecule has 196 valence electrons. The zero-order valence-corrected chi connectivity index (χ0v) is 20.9. The van der Waals surface area contributed by atoms with E-state index < -0.39 is 48.8 Å². The van der Waals surface area contributed by atoms with Crippen LogP contribution in [0.3, 0.4) is 0 Å². The molecular formula is C26H44O8. The van der Waals surface area contributed by atoms with Crippen molar-refractivity contribution in [2.75, 3.05) is 13.2 Å². The van der Waals surface area contributed by atoms with E-state index in [9.17, 15) is 30.6 Å². The molecule has 0 aromatic heterocycles. The van der Waals surface area contributed by atoms with Gasteiger partial charge in [-0.3, -0.25) is 0 Å². The predicted octanol–water partition coefficient (Wildman–Crippen LogP) is 1.10. The molecule has 2 saturated carbocycles. The minimum Gasteiger partial charge on any atom is -0.394 e. The Balaban J connectivity index is 1.44. The van der Waals surface area contributed by atoms with E-state index in [1.54, 1.807) is 0 Å². The first kappa shape index (κ1) is 26.5. The highest BCUT2D eigenvalue weighted by molar-refractivity contribution is 5.25. The SMILES string of the molecule is CC1(C)[C@H]2CCC3=C[C@@](C)([C@@H](O)CO[C@@H]4O[C@H](CO)[C@@H](O)[C@H](O)[C@H]4O)CC[C@H]3[C@]2(C)CC[C@@H]1O. The zero-order chi connectivity index (χ0) is 25.1. The summed E-state index contributed by atoms with van der Waals surface area (Å²) in [6, 6.07) is 0. The fourth-order valence-electron chi connectivity index (χ4n) is 7.59. The molecule has 0 radical (unpaired) electrons. The summed E-state index contributed by atoms with van der Waals surface area (Å²) in [6.07, 6.45) is 0.0490. The number of aliphatic hydroxyl groups is 6. The van der Waals surface area contributed by atoms with Gasteiger partial charge < -0.3 is 40.1 Å². The first-order valence-electron chi connectivity index (χ1n) is 12.8. The van der Waals surface area contributed by atoms with Crippen molar-refractivity contribution in [3.63, 3.8) is 0 Å². The molecule has 1 heterocycles. The maximum Gasteiger partial charge on any atom is 0.186 e. The van der Waals surface area contributed by atoms with Crippen LogP contribution in [-0.2, 0) is 9.47 Å². The van der Waals surface area contributed by atoms with Crippen LogP contribution < -0.4 is 0 Å². The van der Waals surface area contributed by atoms with Crippen molar-refractivity contribution in [1.82, 2.24) is 0 Å². The highest BCUT2D eigenvalue weighted by Crippen LogP contribution is 2.63. The molecule has 11 atom stereocenters. The van der Waals surface area contributed by atoms with Crippen molar-refractivity contribution < 1.29 is 40.1 Å². The predicted molar refractivity (Wildman–Crippen MR) is 124 cm³/mol. The second-order valence-electron chi connectivity index (χ2n) is 12.3. The number of hydrogen-bond donors (Lipinski definition) is 6. The monoisotopic (exact) mass is 484 g/mol. The van der Waals surface area contributed by atoms with Gasteiger partial charge >= 0.3 is 0 Å². The molecule has 0 aromatic rings. The van der Waals surface area contributed by atoms with E-state index in [1.807, 2.05) is 6.92 Å². The molecule has 8 nitrogen and oxygen atoms in total. The normalized spacial score (nSPS) is 49.5. The van der Waals surface area contributed by atoms with E-state index in [4.69, 9.17) is 9.47 Å². The molecular weight excluding hydrogens is 440 g/mol. The van der Waals surface area contributed by atoms with E-state index in [0.717, 1.165) is 38.5 Å². The van der Waals surface area contributed by atoms with Crippen molar-refractivity contribution in [2.45, 2.75) is 109 Å². The Bertz CT molecular complexity index is 768. The average Bonchev–Trinajstić information content (AvgIpc) is 2.79. The van der Waals surface area contributed by atoms with Crippen molar-refractivity contribution in [3.8, 4) is 0 Å². The molecule has 0 aromatic carbocycles. The fourth-order valence-corrected chi connectivity index (χ4v) is 7.59. The summed E-state index contributed by atoms with van der Waals surface area (Å²) in [5, 5.41) is 61.2. The van der Waals surface area contributed by atoms with Crippen LogP contribution in [0.15, 0.2) is 11.6 Å². The number of aliphatic hydroxyl groups excluding tert-OH is 6. The van der Waals surface area contributed by atoms with Gasteiger partial charge in [0.15, 0.2) is 6.29 Å². The summed E-state index contributed by atoms with van der Waals surface area (Å²) >= 11 is 0. The molecule has 1 saturated heterocycles. The summed E-state index contributed by atoms with van der Waals surface area (Å²) in [6.45, 7) is 8.22. The van der Waals surface area contributed by atoms with E-state index in [2.05, 4.69) is 26.8 Å². The Morgan fingerprint density at radius 3 is 2.38 bits per heavy atom. The smallest absolute Gasteiger partial charge is 0.186 e. The molecule has 4 rings (SSSR count). The van der Waals surface area contributed by atoms with Gasteiger partial charge in [-0.15, -0.1) is 0 Å². The van der Waals surface area contributed by atoms with Crippen LogP contribution >= 0.6 is 0 Å². The number of fused-ring (bicyclic) bond motifs is 3. The molecule has 6 N–H and O–H groups in total. The van der Waals surface area contributed by atoms with Gasteiger partial charge in [-0.25, -0.2) is 0 Å². The molecule has 34 heavy (non-hydrogen) atoms. The van der Waals surface area contributed by atoms with Crippen LogP contribution in [0.1, 0.15) is 66.2 Å². The molecule has 3 aliphatic carbocycles. The largest absolute Gasteiger partial charge is 0.394 e. The van der Waals surface area contributed by atoms with Gasteiger partial charge in [-0.1, -0.05) is 39.3 Å². The standard InChI is InChI=1S/C26H44O8/c1-24(2)17-6-5-14-11-25(3,9-7-15(14)26(17,4)10-8-18(24)28)19(29)13-33-23-22(32)21(31)20(30)16(12-27)34-23/h11,15-23,27-32H,5-10,12-13H2,1-4H3/t15-,16-,17-,18+,19+,20-,21+,22-,23-,25+,26+/m1/s1. The lowest BCUT2D eigenvalue weighted by Crippen LogP contribution is -2.59. The van der Waals surface area contributed by atoms with Gasteiger partial charge in [0.05, 0.1) is 25.4 Å². The number of allylic oxidation sites excluding steroid dienone is 1. The molecule has 0 spiro atoms. The second-order valence-corrected chi connectivity index (χ2v) is 12.3. The average molecular weight is 485 g/mol. The van der Waals surface area contributed by atoms with Crippen LogP contribution in [-0.4, -0.2) is 86.8 Å². The lowest BCUT2D eigenvalue weighted by molar-refractivity contribution is -0.306. The number of rotatable bonds is 5. The minimum atomic E-state index is -1.50. The first-order valence-corrected chi connectivity index (χ1v) is 12.8. The summed E-state index contributed by atoms with van der Waals surface area (Å²) in [4.78, 5) is 0. The molecule has 0 bridgehead atoms. The van der Waals surface area contributed by atoms with Gasteiger partial charge in [-0.05, 0) is 61.2 Å². The summed E-state index contributed by atoms with van der Waals surface area (Å²) in [7, 11) is 0. The Morgan fingerprint density at radius 2 is 1.71 bits per heavy atom. The number of ether oxygens (including phenoxy) is 2. The van der Waals surface area contributed by atoms with Crippen molar-refractivity contribution in [1.29, 1.82) is 0 Å². The molecule has 3 fully saturated rings. The third kappa shape index (κ3) is 4.28. The maximum atomic E-state index is 11.1. The molecule has 0 amide bonds. The van der Waals surface area contributed by atoms with E-state index >= 15 is 0 Å². The highest BCUT2D eigenvalue weighted by Gasteiger charge is 2.57. The Morgan fingerprint density at radius 1 is 1.00 bits per heavy atom. The molecule has 0 unspecified atom stereocenters. The van der Waals surface area contributed by atoms with Crippen molar-refractivity contribution >= 4 is 0 Å². The van der Waals surface area contributed by atoms with Crippen molar-refractivity contribution in [2.24, 2.45) is 28.1 Å². The molecule has 4 aliphatic rings. The van der Waals surface area contributed by atoms with Crippen LogP contribution in [0, 0.1) is 28.1 Å². The van der Waals surface area contributed by atoms with Gasteiger partial charge in [0.25, 0.3) is 0 Å². The Kier molecular flexibility index (Phi) is 7.30. The maximum absolute atomic E-state index is 11.1.